The van der Waals surface area contributed by atoms with Crippen LogP contribution in [0.15, 0.2) is 10.9 Å². The second-order valence-electron chi connectivity index (χ2n) is 4.78. The van der Waals surface area contributed by atoms with Crippen molar-refractivity contribution < 1.29 is 9.53 Å². The van der Waals surface area contributed by atoms with Crippen LogP contribution in [-0.4, -0.2) is 45.4 Å². The highest BCUT2D eigenvalue weighted by Crippen LogP contribution is 2.30. The van der Waals surface area contributed by atoms with Crippen molar-refractivity contribution in [2.75, 3.05) is 18.6 Å². The van der Waals surface area contributed by atoms with E-state index in [1.807, 2.05) is 25.9 Å². The highest BCUT2D eigenvalue weighted by Gasteiger charge is 2.21. The number of hydrogen-bond donors (Lipinski definition) is 0. The highest BCUT2D eigenvalue weighted by atomic mass is 79.9. The lowest BCUT2D eigenvalue weighted by atomic mass is 10.2. The fraction of sp³-hybridized carbons (Fsp3) is 0.538. The molecule has 0 aliphatic heterocycles. The van der Waals surface area contributed by atoms with Crippen LogP contribution in [0.3, 0.4) is 0 Å². The molecule has 0 aliphatic carbocycles. The third-order valence-corrected chi connectivity index (χ3v) is 3.88. The molecule has 0 radical (unpaired) electrons. The van der Waals surface area contributed by atoms with Gasteiger partial charge in [0.2, 0.25) is 0 Å². The molecular weight excluding hydrogens is 338 g/mol. The zero-order valence-electron chi connectivity index (χ0n) is 12.5. The number of nitrogens with zero attached hydrogens (tertiary/aromatic N) is 5. The van der Waals surface area contributed by atoms with Crippen molar-refractivity contribution >= 4 is 38.8 Å². The first-order chi connectivity index (χ1) is 9.95. The molecule has 21 heavy (non-hydrogen) atoms. The van der Waals surface area contributed by atoms with Crippen LogP contribution in [0, 0.1) is 0 Å². The Morgan fingerprint density at radius 2 is 2.24 bits per heavy atom. The molecule has 7 nitrogen and oxygen atoms in total. The number of aryl methyl sites for hydroxylation is 1. The Kier molecular flexibility index (Phi) is 4.76. The van der Waals surface area contributed by atoms with E-state index in [2.05, 4.69) is 31.0 Å². The lowest BCUT2D eigenvalue weighted by Gasteiger charge is -2.25. The fourth-order valence-electron chi connectivity index (χ4n) is 2.10. The van der Waals surface area contributed by atoms with Gasteiger partial charge in [-0.3, -0.25) is 4.79 Å². The lowest BCUT2D eigenvalue weighted by Crippen LogP contribution is -2.32. The summed E-state index contributed by atoms with van der Waals surface area (Å²) in [6.07, 6.45) is 1.80. The normalized spacial score (nSPS) is 12.4. The summed E-state index contributed by atoms with van der Waals surface area (Å²) >= 11 is 3.43. The van der Waals surface area contributed by atoms with Crippen molar-refractivity contribution in [1.29, 1.82) is 0 Å². The minimum absolute atomic E-state index is 0.0470. The van der Waals surface area contributed by atoms with Crippen molar-refractivity contribution in [3.63, 3.8) is 0 Å². The lowest BCUT2D eigenvalue weighted by molar-refractivity contribution is -0.143. The van der Waals surface area contributed by atoms with E-state index < -0.39 is 0 Å². The molecule has 0 spiro atoms. The van der Waals surface area contributed by atoms with Crippen molar-refractivity contribution in [2.24, 2.45) is 7.05 Å². The number of aromatic nitrogens is 4. The van der Waals surface area contributed by atoms with Gasteiger partial charge in [0, 0.05) is 20.1 Å². The average Bonchev–Trinajstić information content (AvgIpc) is 2.73. The van der Waals surface area contributed by atoms with E-state index in [4.69, 9.17) is 4.74 Å². The van der Waals surface area contributed by atoms with Crippen molar-refractivity contribution in [3.05, 3.63) is 10.9 Å². The van der Waals surface area contributed by atoms with Gasteiger partial charge in [-0.1, -0.05) is 0 Å². The molecule has 114 valence electrons. The molecule has 0 saturated carbocycles. The van der Waals surface area contributed by atoms with Crippen LogP contribution in [0.4, 0.5) is 5.82 Å². The molecule has 0 aromatic carbocycles. The van der Waals surface area contributed by atoms with Gasteiger partial charge in [0.25, 0.3) is 0 Å². The SMILES string of the molecule is CCOC(=O)CC(C)N(C)c1ncnc2c1c(Br)nn2C. The van der Waals surface area contributed by atoms with Gasteiger partial charge < -0.3 is 9.64 Å². The van der Waals surface area contributed by atoms with Crippen molar-refractivity contribution in [3.8, 4) is 0 Å². The number of esters is 1. The maximum absolute atomic E-state index is 11.6. The first kappa shape index (κ1) is 15.7. The Hall–Kier alpha value is -1.70. The smallest absolute Gasteiger partial charge is 0.307 e. The largest absolute Gasteiger partial charge is 0.466 e. The molecule has 0 saturated heterocycles. The van der Waals surface area contributed by atoms with Crippen LogP contribution in [-0.2, 0) is 16.6 Å². The Labute approximate surface area is 131 Å². The number of ether oxygens (including phenoxy) is 1. The minimum Gasteiger partial charge on any atom is -0.466 e. The van der Waals surface area contributed by atoms with Gasteiger partial charge in [-0.15, -0.1) is 0 Å². The van der Waals surface area contributed by atoms with Crippen LogP contribution in [0.1, 0.15) is 20.3 Å². The summed E-state index contributed by atoms with van der Waals surface area (Å²) in [5.41, 5.74) is 0.738. The molecule has 0 N–H and O–H groups in total. The van der Waals surface area contributed by atoms with E-state index in [-0.39, 0.29) is 12.0 Å². The molecule has 2 aromatic heterocycles. The number of carbonyl (C=O) groups excluding carboxylic acids is 1. The quantitative estimate of drug-likeness (QED) is 0.762. The number of anilines is 1. The summed E-state index contributed by atoms with van der Waals surface area (Å²) in [6.45, 7) is 4.14. The predicted octanol–water partition coefficient (Wildman–Crippen LogP) is 1.90. The van der Waals surface area contributed by atoms with Gasteiger partial charge in [-0.05, 0) is 29.8 Å². The van der Waals surface area contributed by atoms with E-state index in [9.17, 15) is 4.79 Å². The standard InChI is InChI=1S/C13H18BrN5O2/c1-5-21-9(20)6-8(2)18(3)12-10-11(14)17-19(4)13(10)16-7-15-12/h7-8H,5-6H2,1-4H3. The minimum atomic E-state index is -0.215. The topological polar surface area (TPSA) is 73.1 Å². The Bertz CT molecular complexity index is 657. The molecule has 1 atom stereocenters. The number of carbonyl (C=O) groups is 1. The highest BCUT2D eigenvalue weighted by molar-refractivity contribution is 9.10. The zero-order valence-corrected chi connectivity index (χ0v) is 14.1. The van der Waals surface area contributed by atoms with Crippen LogP contribution >= 0.6 is 15.9 Å². The van der Waals surface area contributed by atoms with E-state index in [0.29, 0.717) is 17.6 Å². The van der Waals surface area contributed by atoms with Crippen LogP contribution in [0.2, 0.25) is 0 Å². The molecule has 0 bridgehead atoms. The molecule has 2 rings (SSSR count). The van der Waals surface area contributed by atoms with E-state index >= 15 is 0 Å². The van der Waals surface area contributed by atoms with Gasteiger partial charge in [-0.25, -0.2) is 14.6 Å². The fourth-order valence-corrected chi connectivity index (χ4v) is 2.69. The second-order valence-corrected chi connectivity index (χ2v) is 5.53. The monoisotopic (exact) mass is 355 g/mol. The Balaban J connectivity index is 2.31. The van der Waals surface area contributed by atoms with Gasteiger partial charge >= 0.3 is 5.97 Å². The van der Waals surface area contributed by atoms with Crippen LogP contribution in [0.5, 0.6) is 0 Å². The molecule has 8 heteroatoms. The molecule has 0 fully saturated rings. The van der Waals surface area contributed by atoms with Gasteiger partial charge in [0.05, 0.1) is 18.4 Å². The molecular formula is C13H18BrN5O2. The third kappa shape index (κ3) is 3.15. The molecule has 0 amide bonds. The summed E-state index contributed by atoms with van der Waals surface area (Å²) in [7, 11) is 3.72. The van der Waals surface area contributed by atoms with Gasteiger partial charge in [-0.2, -0.15) is 5.10 Å². The summed E-state index contributed by atoms with van der Waals surface area (Å²) in [4.78, 5) is 22.1. The van der Waals surface area contributed by atoms with Crippen molar-refractivity contribution in [1.82, 2.24) is 19.7 Å². The number of fused-ring (bicyclic) bond motifs is 1. The maximum atomic E-state index is 11.6. The summed E-state index contributed by atoms with van der Waals surface area (Å²) in [5.74, 6) is 0.518. The van der Waals surface area contributed by atoms with E-state index in [1.165, 1.54) is 6.33 Å². The van der Waals surface area contributed by atoms with E-state index in [0.717, 1.165) is 16.9 Å². The number of rotatable bonds is 5. The zero-order chi connectivity index (χ0) is 15.6. The third-order valence-electron chi connectivity index (χ3n) is 3.32. The first-order valence-corrected chi connectivity index (χ1v) is 7.46. The molecule has 2 aromatic rings. The van der Waals surface area contributed by atoms with Crippen LogP contribution < -0.4 is 4.90 Å². The van der Waals surface area contributed by atoms with Gasteiger partial charge in [0.15, 0.2) is 5.65 Å². The maximum Gasteiger partial charge on any atom is 0.307 e. The molecule has 0 aliphatic rings. The van der Waals surface area contributed by atoms with Crippen molar-refractivity contribution in [2.45, 2.75) is 26.3 Å². The Morgan fingerprint density at radius 3 is 2.90 bits per heavy atom. The number of hydrogen-bond acceptors (Lipinski definition) is 6. The van der Waals surface area contributed by atoms with E-state index in [1.54, 1.807) is 11.6 Å². The Morgan fingerprint density at radius 1 is 1.52 bits per heavy atom. The first-order valence-electron chi connectivity index (χ1n) is 6.67. The molecule has 2 heterocycles. The second kappa shape index (κ2) is 6.38. The van der Waals surface area contributed by atoms with Crippen LogP contribution in [0.25, 0.3) is 11.0 Å². The summed E-state index contributed by atoms with van der Waals surface area (Å²) < 4.78 is 7.36. The average molecular weight is 356 g/mol. The summed E-state index contributed by atoms with van der Waals surface area (Å²) in [5, 5.41) is 5.13. The molecule has 1 unspecified atom stereocenters. The summed E-state index contributed by atoms with van der Waals surface area (Å²) in [6, 6.07) is -0.0470. The number of halogens is 1. The predicted molar refractivity (Wildman–Crippen MR) is 83.1 cm³/mol. The van der Waals surface area contributed by atoms with Gasteiger partial charge in [0.1, 0.15) is 16.7 Å².